The molecule has 1 amide bonds. The van der Waals surface area contributed by atoms with Crippen LogP contribution in [0, 0.1) is 5.92 Å². The highest BCUT2D eigenvalue weighted by Gasteiger charge is 2.02. The lowest BCUT2D eigenvalue weighted by Gasteiger charge is -2.17. The molecule has 1 atom stereocenters. The molecule has 3 nitrogen and oxygen atoms in total. The van der Waals surface area contributed by atoms with E-state index in [2.05, 4.69) is 31.9 Å². The summed E-state index contributed by atoms with van der Waals surface area (Å²) in [6.45, 7) is 8.85. The Kier molecular flexibility index (Phi) is 7.64. The van der Waals surface area contributed by atoms with Crippen LogP contribution in [-0.2, 0) is 4.79 Å². The van der Waals surface area contributed by atoms with Crippen molar-refractivity contribution in [1.29, 1.82) is 0 Å². The Morgan fingerprint density at radius 3 is 2.80 bits per heavy atom. The summed E-state index contributed by atoms with van der Waals surface area (Å²) in [5.74, 6) is 0.621. The molecule has 0 saturated carbocycles. The van der Waals surface area contributed by atoms with Crippen molar-refractivity contribution in [3.8, 4) is 0 Å². The molecular weight excluding hydrogens is 188 g/mol. The van der Waals surface area contributed by atoms with Gasteiger partial charge in [0.05, 0.1) is 0 Å². The molecule has 15 heavy (non-hydrogen) atoms. The molecule has 0 rings (SSSR count). The summed E-state index contributed by atoms with van der Waals surface area (Å²) in [7, 11) is 1.87. The van der Waals surface area contributed by atoms with Crippen molar-refractivity contribution in [2.24, 2.45) is 5.92 Å². The van der Waals surface area contributed by atoms with E-state index in [1.54, 1.807) is 5.01 Å². The van der Waals surface area contributed by atoms with Crippen LogP contribution in [0.3, 0.4) is 0 Å². The van der Waals surface area contributed by atoms with Gasteiger partial charge in [0.25, 0.3) is 0 Å². The van der Waals surface area contributed by atoms with Gasteiger partial charge in [0, 0.05) is 13.6 Å². The fourth-order valence-corrected chi connectivity index (χ4v) is 1.16. The molecule has 0 aliphatic rings. The molecular formula is C12H22N2O. The van der Waals surface area contributed by atoms with Gasteiger partial charge in [-0.15, -0.1) is 0 Å². The van der Waals surface area contributed by atoms with E-state index in [9.17, 15) is 4.79 Å². The molecule has 0 aromatic heterocycles. The Bertz CT molecular complexity index is 224. The average Bonchev–Trinajstić information content (AvgIpc) is 2.23. The highest BCUT2D eigenvalue weighted by atomic mass is 16.1. The summed E-state index contributed by atoms with van der Waals surface area (Å²) in [4.78, 5) is 10.1. The van der Waals surface area contributed by atoms with E-state index in [1.807, 2.05) is 13.1 Å². The van der Waals surface area contributed by atoms with Gasteiger partial charge in [-0.25, -0.2) is 5.01 Å². The van der Waals surface area contributed by atoms with Crippen LogP contribution < -0.4 is 5.43 Å². The van der Waals surface area contributed by atoms with Crippen LogP contribution in [0.2, 0.25) is 0 Å². The maximum absolute atomic E-state index is 10.1. The SMILES string of the molecule is C=C/C(C)=C/CC(C)CCN(C)NC=O. The zero-order chi connectivity index (χ0) is 11.7. The number of rotatable bonds is 8. The van der Waals surface area contributed by atoms with Crippen molar-refractivity contribution in [2.75, 3.05) is 13.6 Å². The van der Waals surface area contributed by atoms with Crippen LogP contribution >= 0.6 is 0 Å². The van der Waals surface area contributed by atoms with E-state index in [0.717, 1.165) is 19.4 Å². The standard InChI is InChI=1S/C12H22N2O/c1-5-11(2)6-7-12(3)8-9-14(4)13-10-15/h5-6,10,12H,1,7-9H2,2-4H3,(H,13,15)/b11-6+. The number of nitrogens with zero attached hydrogens (tertiary/aromatic N) is 1. The number of carbonyl (C=O) groups is 1. The molecule has 86 valence electrons. The second-order valence-electron chi connectivity index (χ2n) is 3.95. The first kappa shape index (κ1) is 13.9. The van der Waals surface area contributed by atoms with Crippen molar-refractivity contribution in [3.63, 3.8) is 0 Å². The van der Waals surface area contributed by atoms with Crippen LogP contribution in [0.1, 0.15) is 26.7 Å². The van der Waals surface area contributed by atoms with Gasteiger partial charge in [-0.05, 0) is 25.7 Å². The number of hydrogen-bond acceptors (Lipinski definition) is 2. The summed E-state index contributed by atoms with van der Waals surface area (Å²) >= 11 is 0. The predicted octanol–water partition coefficient (Wildman–Crippen LogP) is 2.13. The molecule has 0 heterocycles. The molecule has 0 bridgehead atoms. The van der Waals surface area contributed by atoms with Crippen molar-refractivity contribution < 1.29 is 4.79 Å². The molecule has 0 radical (unpaired) electrons. The van der Waals surface area contributed by atoms with E-state index in [0.29, 0.717) is 12.3 Å². The Labute approximate surface area is 92.8 Å². The summed E-state index contributed by atoms with van der Waals surface area (Å²) in [5, 5.41) is 1.80. The number of allylic oxidation sites excluding steroid dienone is 3. The number of hydrogen-bond donors (Lipinski definition) is 1. The predicted molar refractivity (Wildman–Crippen MR) is 64.2 cm³/mol. The topological polar surface area (TPSA) is 32.3 Å². The van der Waals surface area contributed by atoms with Crippen molar-refractivity contribution in [3.05, 3.63) is 24.3 Å². The first-order valence-corrected chi connectivity index (χ1v) is 5.30. The minimum absolute atomic E-state index is 0.621. The van der Waals surface area contributed by atoms with Crippen molar-refractivity contribution in [2.45, 2.75) is 26.7 Å². The van der Waals surface area contributed by atoms with E-state index < -0.39 is 0 Å². The summed E-state index contributed by atoms with van der Waals surface area (Å²) in [5.41, 5.74) is 3.82. The summed E-state index contributed by atoms with van der Waals surface area (Å²) in [6.07, 6.45) is 6.90. The summed E-state index contributed by atoms with van der Waals surface area (Å²) < 4.78 is 0. The number of amides is 1. The largest absolute Gasteiger partial charge is 0.292 e. The van der Waals surface area contributed by atoms with E-state index in [1.165, 1.54) is 5.57 Å². The molecule has 0 spiro atoms. The third-order valence-electron chi connectivity index (χ3n) is 2.39. The van der Waals surface area contributed by atoms with Gasteiger partial charge in [-0.3, -0.25) is 10.2 Å². The first-order chi connectivity index (χ1) is 7.10. The zero-order valence-electron chi connectivity index (χ0n) is 9.99. The second kappa shape index (κ2) is 8.24. The lowest BCUT2D eigenvalue weighted by molar-refractivity contribution is -0.113. The van der Waals surface area contributed by atoms with Crippen LogP contribution in [0.5, 0.6) is 0 Å². The minimum atomic E-state index is 0.621. The smallest absolute Gasteiger partial charge is 0.221 e. The minimum Gasteiger partial charge on any atom is -0.292 e. The van der Waals surface area contributed by atoms with Crippen molar-refractivity contribution >= 4 is 6.41 Å². The molecule has 0 saturated heterocycles. The van der Waals surface area contributed by atoms with E-state index in [4.69, 9.17) is 0 Å². The molecule has 0 aromatic carbocycles. The Morgan fingerprint density at radius 2 is 2.27 bits per heavy atom. The van der Waals surface area contributed by atoms with Gasteiger partial charge in [0.1, 0.15) is 0 Å². The van der Waals surface area contributed by atoms with Gasteiger partial charge in [0.15, 0.2) is 0 Å². The average molecular weight is 210 g/mol. The van der Waals surface area contributed by atoms with Crippen molar-refractivity contribution in [1.82, 2.24) is 10.4 Å². The molecule has 0 aliphatic heterocycles. The van der Waals surface area contributed by atoms with Crippen LogP contribution in [0.4, 0.5) is 0 Å². The number of hydrazine groups is 1. The Balaban J connectivity index is 3.69. The van der Waals surface area contributed by atoms with Gasteiger partial charge in [-0.1, -0.05) is 31.2 Å². The maximum Gasteiger partial charge on any atom is 0.221 e. The molecule has 0 aliphatic carbocycles. The van der Waals surface area contributed by atoms with Gasteiger partial charge >= 0.3 is 0 Å². The molecule has 0 aromatic rings. The molecule has 1 N–H and O–H groups in total. The Morgan fingerprint density at radius 1 is 1.60 bits per heavy atom. The third kappa shape index (κ3) is 7.94. The molecule has 3 heteroatoms. The monoisotopic (exact) mass is 210 g/mol. The lowest BCUT2D eigenvalue weighted by Crippen LogP contribution is -2.34. The fraction of sp³-hybridized carbons (Fsp3) is 0.583. The van der Waals surface area contributed by atoms with Crippen LogP contribution in [0.25, 0.3) is 0 Å². The third-order valence-corrected chi connectivity index (χ3v) is 2.39. The lowest BCUT2D eigenvalue weighted by atomic mass is 10.0. The van der Waals surface area contributed by atoms with Crippen LogP contribution in [0.15, 0.2) is 24.3 Å². The second-order valence-corrected chi connectivity index (χ2v) is 3.95. The van der Waals surface area contributed by atoms with E-state index in [-0.39, 0.29) is 0 Å². The Hall–Kier alpha value is -1.09. The fourth-order valence-electron chi connectivity index (χ4n) is 1.16. The van der Waals surface area contributed by atoms with E-state index >= 15 is 0 Å². The quantitative estimate of drug-likeness (QED) is 0.378. The normalized spacial score (nSPS) is 13.7. The highest BCUT2D eigenvalue weighted by Crippen LogP contribution is 2.10. The number of nitrogens with one attached hydrogen (secondary N) is 1. The van der Waals surface area contributed by atoms with Gasteiger partial charge in [-0.2, -0.15) is 0 Å². The van der Waals surface area contributed by atoms with Gasteiger partial charge < -0.3 is 0 Å². The number of carbonyl (C=O) groups excluding carboxylic acids is 1. The van der Waals surface area contributed by atoms with Crippen LogP contribution in [-0.4, -0.2) is 25.0 Å². The summed E-state index contributed by atoms with van der Waals surface area (Å²) in [6, 6.07) is 0. The highest BCUT2D eigenvalue weighted by molar-refractivity contribution is 5.44. The maximum atomic E-state index is 10.1. The first-order valence-electron chi connectivity index (χ1n) is 5.30. The molecule has 0 fully saturated rings. The van der Waals surface area contributed by atoms with Gasteiger partial charge in [0.2, 0.25) is 6.41 Å². The zero-order valence-corrected chi connectivity index (χ0v) is 9.99. The molecule has 1 unspecified atom stereocenters.